The fraction of sp³-hybridized carbons (Fsp3) is 0.600. The van der Waals surface area contributed by atoms with Crippen LogP contribution in [0.4, 0.5) is 0 Å². The summed E-state index contributed by atoms with van der Waals surface area (Å²) in [5.74, 6) is -0.379. The van der Waals surface area contributed by atoms with E-state index in [1.165, 1.54) is 6.26 Å². The highest BCUT2D eigenvalue weighted by atomic mass is 16.3. The Morgan fingerprint density at radius 2 is 2.00 bits per heavy atom. The van der Waals surface area contributed by atoms with Crippen LogP contribution in [0.15, 0.2) is 22.8 Å². The molecule has 0 fully saturated rings. The van der Waals surface area contributed by atoms with Gasteiger partial charge in [-0.25, -0.2) is 0 Å². The molecular formula is C15H25N3O3. The second-order valence-electron chi connectivity index (χ2n) is 5.38. The number of furan rings is 1. The molecule has 2 atom stereocenters. The molecule has 0 saturated carbocycles. The molecular weight excluding hydrogens is 270 g/mol. The fourth-order valence-electron chi connectivity index (χ4n) is 1.94. The van der Waals surface area contributed by atoms with E-state index in [2.05, 4.69) is 16.0 Å². The van der Waals surface area contributed by atoms with Crippen LogP contribution in [0.2, 0.25) is 0 Å². The van der Waals surface area contributed by atoms with Crippen LogP contribution in [0, 0.1) is 5.92 Å². The third kappa shape index (κ3) is 5.59. The van der Waals surface area contributed by atoms with Crippen molar-refractivity contribution in [2.24, 2.45) is 5.92 Å². The topological polar surface area (TPSA) is 83.4 Å². The summed E-state index contributed by atoms with van der Waals surface area (Å²) >= 11 is 0. The van der Waals surface area contributed by atoms with Crippen molar-refractivity contribution in [2.75, 3.05) is 13.1 Å². The SMILES string of the molecule is CCN[C@H](C)CNC(=O)C(NC(=O)c1ccco1)C(C)C. The summed E-state index contributed by atoms with van der Waals surface area (Å²) in [4.78, 5) is 24.2. The van der Waals surface area contributed by atoms with Gasteiger partial charge < -0.3 is 20.4 Å². The van der Waals surface area contributed by atoms with E-state index in [1.807, 2.05) is 27.7 Å². The Hall–Kier alpha value is -1.82. The smallest absolute Gasteiger partial charge is 0.287 e. The summed E-state index contributed by atoms with van der Waals surface area (Å²) in [5.41, 5.74) is 0. The number of carbonyl (C=O) groups excluding carboxylic acids is 2. The van der Waals surface area contributed by atoms with Gasteiger partial charge in [0.2, 0.25) is 5.91 Å². The highest BCUT2D eigenvalue weighted by molar-refractivity contribution is 5.95. The minimum absolute atomic E-state index is 0.0154. The molecule has 1 aromatic rings. The van der Waals surface area contributed by atoms with Gasteiger partial charge in [-0.05, 0) is 31.5 Å². The van der Waals surface area contributed by atoms with Crippen molar-refractivity contribution in [3.05, 3.63) is 24.2 Å². The Morgan fingerprint density at radius 3 is 2.52 bits per heavy atom. The van der Waals surface area contributed by atoms with E-state index in [9.17, 15) is 9.59 Å². The molecule has 0 saturated heterocycles. The van der Waals surface area contributed by atoms with Crippen LogP contribution < -0.4 is 16.0 Å². The van der Waals surface area contributed by atoms with Crippen LogP contribution in [-0.4, -0.2) is 37.0 Å². The average Bonchev–Trinajstić information content (AvgIpc) is 2.96. The van der Waals surface area contributed by atoms with Gasteiger partial charge in [0.05, 0.1) is 6.26 Å². The van der Waals surface area contributed by atoms with E-state index in [1.54, 1.807) is 12.1 Å². The number of amides is 2. The molecule has 0 aromatic carbocycles. The molecule has 6 heteroatoms. The molecule has 0 aliphatic rings. The van der Waals surface area contributed by atoms with Crippen molar-refractivity contribution in [3.63, 3.8) is 0 Å². The van der Waals surface area contributed by atoms with E-state index < -0.39 is 6.04 Å². The number of likely N-dealkylation sites (N-methyl/N-ethyl adjacent to an activating group) is 1. The van der Waals surface area contributed by atoms with Crippen LogP contribution in [0.3, 0.4) is 0 Å². The van der Waals surface area contributed by atoms with Gasteiger partial charge in [0.15, 0.2) is 5.76 Å². The molecule has 1 heterocycles. The van der Waals surface area contributed by atoms with Gasteiger partial charge in [-0.3, -0.25) is 9.59 Å². The largest absolute Gasteiger partial charge is 0.459 e. The van der Waals surface area contributed by atoms with Gasteiger partial charge in [-0.15, -0.1) is 0 Å². The molecule has 3 N–H and O–H groups in total. The Morgan fingerprint density at radius 1 is 1.29 bits per heavy atom. The van der Waals surface area contributed by atoms with Crippen LogP contribution in [0.1, 0.15) is 38.2 Å². The predicted molar refractivity (Wildman–Crippen MR) is 80.9 cm³/mol. The number of rotatable bonds is 8. The van der Waals surface area contributed by atoms with Crippen molar-refractivity contribution in [1.82, 2.24) is 16.0 Å². The van der Waals surface area contributed by atoms with Gasteiger partial charge in [-0.1, -0.05) is 20.8 Å². The Balaban J connectivity index is 2.56. The van der Waals surface area contributed by atoms with Crippen LogP contribution in [-0.2, 0) is 4.79 Å². The van der Waals surface area contributed by atoms with E-state index >= 15 is 0 Å². The third-order valence-corrected chi connectivity index (χ3v) is 3.12. The van der Waals surface area contributed by atoms with Gasteiger partial charge in [0.25, 0.3) is 5.91 Å². The molecule has 6 nitrogen and oxygen atoms in total. The van der Waals surface area contributed by atoms with E-state index in [0.29, 0.717) is 6.54 Å². The van der Waals surface area contributed by atoms with Gasteiger partial charge in [0, 0.05) is 12.6 Å². The normalized spacial score (nSPS) is 13.8. The summed E-state index contributed by atoms with van der Waals surface area (Å²) in [5, 5.41) is 8.78. The molecule has 1 aromatic heterocycles. The van der Waals surface area contributed by atoms with Gasteiger partial charge in [0.1, 0.15) is 6.04 Å². The Bertz CT molecular complexity index is 443. The number of hydrogen-bond donors (Lipinski definition) is 3. The molecule has 0 bridgehead atoms. The summed E-state index contributed by atoms with van der Waals surface area (Å²) < 4.78 is 5.03. The second kappa shape index (κ2) is 8.46. The van der Waals surface area contributed by atoms with Crippen LogP contribution >= 0.6 is 0 Å². The Labute approximate surface area is 125 Å². The summed E-state index contributed by atoms with van der Waals surface area (Å²) in [6, 6.07) is 2.80. The molecule has 1 unspecified atom stereocenters. The minimum atomic E-state index is -0.587. The number of carbonyl (C=O) groups is 2. The average molecular weight is 295 g/mol. The lowest BCUT2D eigenvalue weighted by Gasteiger charge is -2.22. The van der Waals surface area contributed by atoms with E-state index in [4.69, 9.17) is 4.42 Å². The third-order valence-electron chi connectivity index (χ3n) is 3.12. The van der Waals surface area contributed by atoms with Crippen molar-refractivity contribution in [1.29, 1.82) is 0 Å². The zero-order valence-corrected chi connectivity index (χ0v) is 13.1. The lowest BCUT2D eigenvalue weighted by Crippen LogP contribution is -2.51. The van der Waals surface area contributed by atoms with Crippen LogP contribution in [0.5, 0.6) is 0 Å². The molecule has 118 valence electrons. The first kappa shape index (κ1) is 17.2. The zero-order valence-electron chi connectivity index (χ0n) is 13.1. The van der Waals surface area contributed by atoms with Crippen molar-refractivity contribution in [2.45, 2.75) is 39.8 Å². The number of hydrogen-bond acceptors (Lipinski definition) is 4. The first-order valence-corrected chi connectivity index (χ1v) is 7.31. The summed E-state index contributed by atoms with van der Waals surface area (Å²) in [6.07, 6.45) is 1.43. The lowest BCUT2D eigenvalue weighted by atomic mass is 10.0. The van der Waals surface area contributed by atoms with Crippen molar-refractivity contribution >= 4 is 11.8 Å². The first-order chi connectivity index (χ1) is 9.95. The maximum Gasteiger partial charge on any atom is 0.287 e. The maximum atomic E-state index is 12.2. The maximum absolute atomic E-state index is 12.2. The summed E-state index contributed by atoms with van der Waals surface area (Å²) in [7, 11) is 0. The van der Waals surface area contributed by atoms with E-state index in [0.717, 1.165) is 6.54 Å². The Kier molecular flexibility index (Phi) is 6.94. The molecule has 0 radical (unpaired) electrons. The molecule has 0 spiro atoms. The highest BCUT2D eigenvalue weighted by Gasteiger charge is 2.25. The zero-order chi connectivity index (χ0) is 15.8. The number of nitrogens with one attached hydrogen (secondary N) is 3. The van der Waals surface area contributed by atoms with Gasteiger partial charge in [-0.2, -0.15) is 0 Å². The first-order valence-electron chi connectivity index (χ1n) is 7.31. The highest BCUT2D eigenvalue weighted by Crippen LogP contribution is 2.05. The second-order valence-corrected chi connectivity index (χ2v) is 5.38. The molecule has 21 heavy (non-hydrogen) atoms. The lowest BCUT2D eigenvalue weighted by molar-refractivity contribution is -0.124. The monoisotopic (exact) mass is 295 g/mol. The molecule has 1 rings (SSSR count). The quantitative estimate of drug-likeness (QED) is 0.672. The predicted octanol–water partition coefficient (Wildman–Crippen LogP) is 1.15. The minimum Gasteiger partial charge on any atom is -0.459 e. The van der Waals surface area contributed by atoms with Crippen LogP contribution in [0.25, 0.3) is 0 Å². The van der Waals surface area contributed by atoms with Crippen molar-refractivity contribution in [3.8, 4) is 0 Å². The standard InChI is InChI=1S/C15H25N3O3/c1-5-16-11(4)9-17-15(20)13(10(2)3)18-14(19)12-7-6-8-21-12/h6-8,10-11,13,16H,5,9H2,1-4H3,(H,17,20)(H,18,19)/t11-,13?/m1/s1. The molecule has 0 aliphatic carbocycles. The van der Waals surface area contributed by atoms with Gasteiger partial charge >= 0.3 is 0 Å². The van der Waals surface area contributed by atoms with Crippen molar-refractivity contribution < 1.29 is 14.0 Å². The fourth-order valence-corrected chi connectivity index (χ4v) is 1.94. The molecule has 2 amide bonds. The summed E-state index contributed by atoms with van der Waals surface area (Å²) in [6.45, 7) is 9.15. The molecule has 0 aliphatic heterocycles. The van der Waals surface area contributed by atoms with E-state index in [-0.39, 0.29) is 29.5 Å².